The topological polar surface area (TPSA) is 48.9 Å². The van der Waals surface area contributed by atoms with Crippen LogP contribution in [0.3, 0.4) is 0 Å². The van der Waals surface area contributed by atoms with Crippen molar-refractivity contribution in [1.29, 1.82) is 0 Å². The van der Waals surface area contributed by atoms with E-state index >= 15 is 0 Å². The quantitative estimate of drug-likeness (QED) is 0.469. The minimum atomic E-state index is 0.176. The molecule has 6 heavy (non-hydrogen) atoms. The molecular weight excluding hydrogens is 80.0 g/mol. The van der Waals surface area contributed by atoms with Gasteiger partial charge in [-0.1, -0.05) is 0 Å². The van der Waals surface area contributed by atoms with Gasteiger partial charge in [0.1, 0.15) is 0 Å². The van der Waals surface area contributed by atoms with Crippen LogP contribution in [0.25, 0.3) is 0 Å². The lowest BCUT2D eigenvalue weighted by Gasteiger charge is -1.65. The summed E-state index contributed by atoms with van der Waals surface area (Å²) in [5.41, 5.74) is 0. The first-order valence-electron chi connectivity index (χ1n) is 1.57. The van der Waals surface area contributed by atoms with Crippen LogP contribution in [0, 0.1) is 0 Å². The Morgan fingerprint density at radius 3 is 2.83 bits per heavy atom. The van der Waals surface area contributed by atoms with Crippen molar-refractivity contribution in [2.24, 2.45) is 0 Å². The Labute approximate surface area is 34.6 Å². The summed E-state index contributed by atoms with van der Waals surface area (Å²) in [4.78, 5) is 0. The van der Waals surface area contributed by atoms with E-state index in [1.807, 2.05) is 0 Å². The van der Waals surface area contributed by atoms with Gasteiger partial charge < -0.3 is 5.11 Å². The number of hydrogen-bond donors (Lipinski definition) is 2. The van der Waals surface area contributed by atoms with Crippen molar-refractivity contribution in [3.8, 4) is 5.75 Å². The maximum absolute atomic E-state index is 8.38. The van der Waals surface area contributed by atoms with Crippen LogP contribution in [-0.2, 0) is 0 Å². The second-order valence-electron chi connectivity index (χ2n) is 0.957. The van der Waals surface area contributed by atoms with E-state index in [1.54, 1.807) is 0 Å². The predicted molar refractivity (Wildman–Crippen MR) is 20.3 cm³/mol. The summed E-state index contributed by atoms with van der Waals surface area (Å²) >= 11 is 0. The molecule has 0 aliphatic rings. The minimum absolute atomic E-state index is 0.176. The fourth-order valence-corrected chi connectivity index (χ4v) is 0.244. The Balaban J connectivity index is 3.05. The molecule has 32 valence electrons. The molecule has 0 spiro atoms. The van der Waals surface area contributed by atoms with Crippen LogP contribution in [0.2, 0.25) is 0 Å². The Morgan fingerprint density at radius 1 is 1.83 bits per heavy atom. The first kappa shape index (κ1) is 3.21. The number of nitrogens with zero attached hydrogens (tertiary/aromatic N) is 1. The molecular formula is C3H4N2O. The third kappa shape index (κ3) is 0.337. The van der Waals surface area contributed by atoms with E-state index in [1.165, 1.54) is 12.4 Å². The molecule has 0 bridgehead atoms. The normalized spacial score (nSPS) is 8.67. The Kier molecular flexibility index (Phi) is 0.538. The lowest BCUT2D eigenvalue weighted by Crippen LogP contribution is -1.53. The summed E-state index contributed by atoms with van der Waals surface area (Å²) in [6, 6.07) is 0. The molecule has 2 N–H and O–H groups in total. The van der Waals surface area contributed by atoms with Gasteiger partial charge in [0.2, 0.25) is 0 Å². The lowest BCUT2D eigenvalue weighted by atomic mass is 10.7. The standard InChI is InChI=1S/C3H4N2O/c6-3-1-4-5-2-3/h1-2,6H,(H,4,5). The summed E-state index contributed by atoms with van der Waals surface area (Å²) in [6.45, 7) is 0. The number of aromatic nitrogens is 2. The maximum atomic E-state index is 8.38. The van der Waals surface area contributed by atoms with Gasteiger partial charge in [-0.05, 0) is 0 Å². The van der Waals surface area contributed by atoms with Gasteiger partial charge in [0.05, 0.1) is 12.4 Å². The summed E-state index contributed by atoms with van der Waals surface area (Å²) in [5.74, 6) is 0.176. The molecule has 0 amide bonds. The second-order valence-corrected chi connectivity index (χ2v) is 0.957. The van der Waals surface area contributed by atoms with Gasteiger partial charge in [0, 0.05) is 0 Å². The number of nitrogens with one attached hydrogen (secondary N) is 1. The predicted octanol–water partition coefficient (Wildman–Crippen LogP) is 0.115. The van der Waals surface area contributed by atoms with Gasteiger partial charge in [0.25, 0.3) is 0 Å². The molecule has 1 rings (SSSR count). The number of H-pyrrole nitrogens is 1. The van der Waals surface area contributed by atoms with Gasteiger partial charge in [-0.15, -0.1) is 0 Å². The molecule has 1 aromatic heterocycles. The van der Waals surface area contributed by atoms with Gasteiger partial charge in [-0.2, -0.15) is 5.10 Å². The van der Waals surface area contributed by atoms with Crippen LogP contribution in [0.15, 0.2) is 12.4 Å². The second kappa shape index (κ2) is 1.01. The Bertz CT molecular complexity index is 112. The lowest BCUT2D eigenvalue weighted by molar-refractivity contribution is 0.475. The molecule has 0 aromatic carbocycles. The largest absolute Gasteiger partial charge is 0.505 e. The molecule has 0 saturated heterocycles. The number of rotatable bonds is 0. The van der Waals surface area contributed by atoms with E-state index in [0.29, 0.717) is 0 Å². The summed E-state index contributed by atoms with van der Waals surface area (Å²) in [5, 5.41) is 14.3. The van der Waals surface area contributed by atoms with E-state index in [0.717, 1.165) is 0 Å². The smallest absolute Gasteiger partial charge is 0.153 e. The highest BCUT2D eigenvalue weighted by Gasteiger charge is 1.77. The fourth-order valence-electron chi connectivity index (χ4n) is 0.244. The van der Waals surface area contributed by atoms with Crippen molar-refractivity contribution < 1.29 is 5.11 Å². The average Bonchev–Trinajstić information content (AvgIpc) is 1.86. The summed E-state index contributed by atoms with van der Waals surface area (Å²) < 4.78 is 0. The number of aromatic hydroxyl groups is 1. The van der Waals surface area contributed by atoms with E-state index in [4.69, 9.17) is 5.11 Å². The van der Waals surface area contributed by atoms with Crippen molar-refractivity contribution in [2.45, 2.75) is 0 Å². The first-order valence-corrected chi connectivity index (χ1v) is 1.57. The van der Waals surface area contributed by atoms with Crippen molar-refractivity contribution in [3.63, 3.8) is 0 Å². The molecule has 0 saturated carbocycles. The van der Waals surface area contributed by atoms with Crippen LogP contribution >= 0.6 is 0 Å². The number of hydrogen-bond acceptors (Lipinski definition) is 2. The highest BCUT2D eigenvalue weighted by Crippen LogP contribution is 1.97. The SMILES string of the molecule is Oc1cn[nH]c1. The van der Waals surface area contributed by atoms with Crippen LogP contribution in [0.5, 0.6) is 5.75 Å². The van der Waals surface area contributed by atoms with Crippen LogP contribution in [0.4, 0.5) is 0 Å². The van der Waals surface area contributed by atoms with Crippen molar-refractivity contribution in [1.82, 2.24) is 10.2 Å². The Hall–Kier alpha value is -0.990. The van der Waals surface area contributed by atoms with Gasteiger partial charge in [-0.3, -0.25) is 5.10 Å². The van der Waals surface area contributed by atoms with Crippen molar-refractivity contribution in [2.75, 3.05) is 0 Å². The monoisotopic (exact) mass is 84.0 g/mol. The molecule has 1 aromatic rings. The highest BCUT2D eigenvalue weighted by atomic mass is 16.3. The maximum Gasteiger partial charge on any atom is 0.153 e. The van der Waals surface area contributed by atoms with Crippen LogP contribution in [-0.4, -0.2) is 15.3 Å². The molecule has 0 fully saturated rings. The zero-order chi connectivity index (χ0) is 4.41. The highest BCUT2D eigenvalue weighted by molar-refractivity contribution is 5.06. The van der Waals surface area contributed by atoms with Gasteiger partial charge in [0.15, 0.2) is 5.75 Å². The minimum Gasteiger partial charge on any atom is -0.505 e. The van der Waals surface area contributed by atoms with E-state index in [-0.39, 0.29) is 5.75 Å². The third-order valence-corrected chi connectivity index (χ3v) is 0.484. The Morgan fingerprint density at radius 2 is 2.67 bits per heavy atom. The van der Waals surface area contributed by atoms with Crippen LogP contribution in [0.1, 0.15) is 0 Å². The molecule has 1 heterocycles. The first-order chi connectivity index (χ1) is 2.89. The molecule has 0 unspecified atom stereocenters. The molecule has 3 nitrogen and oxygen atoms in total. The molecule has 0 aliphatic carbocycles. The average molecular weight is 84.1 g/mol. The molecule has 0 aliphatic heterocycles. The van der Waals surface area contributed by atoms with Crippen LogP contribution < -0.4 is 0 Å². The molecule has 3 heteroatoms. The van der Waals surface area contributed by atoms with Gasteiger partial charge in [-0.25, -0.2) is 0 Å². The van der Waals surface area contributed by atoms with Crippen molar-refractivity contribution >= 4 is 0 Å². The summed E-state index contributed by atoms with van der Waals surface area (Å²) in [7, 11) is 0. The summed E-state index contributed by atoms with van der Waals surface area (Å²) in [6.07, 6.45) is 2.74. The van der Waals surface area contributed by atoms with E-state index < -0.39 is 0 Å². The van der Waals surface area contributed by atoms with Gasteiger partial charge >= 0.3 is 0 Å². The third-order valence-electron chi connectivity index (χ3n) is 0.484. The zero-order valence-electron chi connectivity index (χ0n) is 3.05. The number of aromatic amines is 1. The molecule has 0 radical (unpaired) electrons. The zero-order valence-corrected chi connectivity index (χ0v) is 3.05. The van der Waals surface area contributed by atoms with E-state index in [9.17, 15) is 0 Å². The fraction of sp³-hybridized carbons (Fsp3) is 0. The van der Waals surface area contributed by atoms with Crippen molar-refractivity contribution in [3.05, 3.63) is 12.4 Å². The molecule has 0 atom stereocenters. The van der Waals surface area contributed by atoms with E-state index in [2.05, 4.69) is 10.2 Å².